The summed E-state index contributed by atoms with van der Waals surface area (Å²) in [6.07, 6.45) is 5.47. The van der Waals surface area contributed by atoms with Gasteiger partial charge in [-0.05, 0) is 25.0 Å². The number of phenols is 2. The standard InChI is InChI=1S/C15H22N2O3/c16-6-7-17(12-4-2-1-3-5-12)15(20)11-8-13(18)10-14(19)9-11/h8-10,12,18-19H,1-7,16H2. The second-order valence-electron chi connectivity index (χ2n) is 5.32. The van der Waals surface area contributed by atoms with Crippen LogP contribution in [0.5, 0.6) is 11.5 Å². The molecule has 2 rings (SSSR count). The first-order valence-corrected chi connectivity index (χ1v) is 7.16. The molecule has 0 unspecified atom stereocenters. The molecule has 0 heterocycles. The Morgan fingerprint density at radius 1 is 1.15 bits per heavy atom. The summed E-state index contributed by atoms with van der Waals surface area (Å²) in [7, 11) is 0. The first kappa shape index (κ1) is 14.7. The summed E-state index contributed by atoms with van der Waals surface area (Å²) in [5.41, 5.74) is 5.93. The van der Waals surface area contributed by atoms with Crippen LogP contribution in [0.4, 0.5) is 0 Å². The summed E-state index contributed by atoms with van der Waals surface area (Å²) >= 11 is 0. The van der Waals surface area contributed by atoms with E-state index in [1.807, 2.05) is 0 Å². The lowest BCUT2D eigenvalue weighted by molar-refractivity contribution is 0.0641. The number of carbonyl (C=O) groups excluding carboxylic acids is 1. The van der Waals surface area contributed by atoms with Gasteiger partial charge in [0.2, 0.25) is 0 Å². The van der Waals surface area contributed by atoms with Crippen LogP contribution in [-0.2, 0) is 0 Å². The van der Waals surface area contributed by atoms with Gasteiger partial charge in [0.1, 0.15) is 11.5 Å². The quantitative estimate of drug-likeness (QED) is 0.784. The number of rotatable bonds is 4. The van der Waals surface area contributed by atoms with Crippen molar-refractivity contribution >= 4 is 5.91 Å². The van der Waals surface area contributed by atoms with E-state index in [9.17, 15) is 15.0 Å². The van der Waals surface area contributed by atoms with E-state index in [0.29, 0.717) is 18.7 Å². The van der Waals surface area contributed by atoms with Crippen molar-refractivity contribution in [1.82, 2.24) is 4.90 Å². The molecule has 1 aliphatic rings. The molecular formula is C15H22N2O3. The number of aromatic hydroxyl groups is 2. The van der Waals surface area contributed by atoms with E-state index in [1.54, 1.807) is 4.90 Å². The van der Waals surface area contributed by atoms with Crippen molar-refractivity contribution < 1.29 is 15.0 Å². The molecule has 5 heteroatoms. The fourth-order valence-electron chi connectivity index (χ4n) is 2.87. The Hall–Kier alpha value is -1.75. The number of nitrogens with two attached hydrogens (primary N) is 1. The lowest BCUT2D eigenvalue weighted by Crippen LogP contribution is -2.44. The molecule has 4 N–H and O–H groups in total. The molecule has 1 aromatic rings. The average molecular weight is 278 g/mol. The summed E-state index contributed by atoms with van der Waals surface area (Å²) in [5, 5.41) is 19.0. The van der Waals surface area contributed by atoms with Crippen LogP contribution in [0, 0.1) is 0 Å². The van der Waals surface area contributed by atoms with Gasteiger partial charge in [-0.1, -0.05) is 19.3 Å². The van der Waals surface area contributed by atoms with Gasteiger partial charge in [0.05, 0.1) is 0 Å². The maximum atomic E-state index is 12.6. The summed E-state index contributed by atoms with van der Waals surface area (Å²) in [6.45, 7) is 0.910. The zero-order valence-electron chi connectivity index (χ0n) is 11.6. The third-order valence-corrected chi connectivity index (χ3v) is 3.80. The van der Waals surface area contributed by atoms with Gasteiger partial charge < -0.3 is 20.8 Å². The largest absolute Gasteiger partial charge is 0.508 e. The molecule has 0 saturated heterocycles. The fraction of sp³-hybridized carbons (Fsp3) is 0.533. The highest BCUT2D eigenvalue weighted by molar-refractivity contribution is 5.95. The minimum absolute atomic E-state index is 0.107. The Morgan fingerprint density at radius 3 is 2.30 bits per heavy atom. The summed E-state index contributed by atoms with van der Waals surface area (Å²) in [6, 6.07) is 4.19. The first-order chi connectivity index (χ1) is 9.61. The van der Waals surface area contributed by atoms with Crippen molar-refractivity contribution in [2.45, 2.75) is 38.1 Å². The van der Waals surface area contributed by atoms with Crippen LogP contribution in [0.2, 0.25) is 0 Å². The van der Waals surface area contributed by atoms with Gasteiger partial charge in [-0.2, -0.15) is 0 Å². The normalized spacial score (nSPS) is 16.1. The van der Waals surface area contributed by atoms with Crippen molar-refractivity contribution in [3.8, 4) is 11.5 Å². The highest BCUT2D eigenvalue weighted by atomic mass is 16.3. The minimum Gasteiger partial charge on any atom is -0.508 e. The molecule has 110 valence electrons. The molecule has 1 amide bonds. The Bertz CT molecular complexity index is 450. The number of hydrogen-bond donors (Lipinski definition) is 3. The monoisotopic (exact) mass is 278 g/mol. The molecule has 1 aromatic carbocycles. The predicted octanol–water partition coefficient (Wildman–Crippen LogP) is 1.83. The van der Waals surface area contributed by atoms with E-state index in [1.165, 1.54) is 24.6 Å². The van der Waals surface area contributed by atoms with E-state index in [4.69, 9.17) is 5.73 Å². The molecule has 20 heavy (non-hydrogen) atoms. The van der Waals surface area contributed by atoms with Gasteiger partial charge in [0, 0.05) is 30.8 Å². The van der Waals surface area contributed by atoms with Crippen molar-refractivity contribution in [1.29, 1.82) is 0 Å². The molecule has 0 radical (unpaired) electrons. The third kappa shape index (κ3) is 3.42. The number of benzene rings is 1. The molecule has 0 aromatic heterocycles. The van der Waals surface area contributed by atoms with Crippen molar-refractivity contribution in [2.24, 2.45) is 5.73 Å². The van der Waals surface area contributed by atoms with Crippen LogP contribution in [0.1, 0.15) is 42.5 Å². The van der Waals surface area contributed by atoms with Crippen molar-refractivity contribution in [3.05, 3.63) is 23.8 Å². The number of hydrogen-bond acceptors (Lipinski definition) is 4. The molecule has 0 aliphatic heterocycles. The lowest BCUT2D eigenvalue weighted by atomic mass is 9.93. The highest BCUT2D eigenvalue weighted by Gasteiger charge is 2.26. The summed E-state index contributed by atoms with van der Waals surface area (Å²) < 4.78 is 0. The van der Waals surface area contributed by atoms with E-state index in [2.05, 4.69) is 0 Å². The van der Waals surface area contributed by atoms with Crippen molar-refractivity contribution in [2.75, 3.05) is 13.1 Å². The summed E-state index contributed by atoms with van der Waals surface area (Å²) in [4.78, 5) is 14.4. The molecule has 0 atom stereocenters. The first-order valence-electron chi connectivity index (χ1n) is 7.16. The molecule has 1 aliphatic carbocycles. The van der Waals surface area contributed by atoms with E-state index < -0.39 is 0 Å². The number of nitrogens with zero attached hydrogens (tertiary/aromatic N) is 1. The zero-order chi connectivity index (χ0) is 14.5. The van der Waals surface area contributed by atoms with Gasteiger partial charge in [-0.15, -0.1) is 0 Å². The SMILES string of the molecule is NCCN(C(=O)c1cc(O)cc(O)c1)C1CCCCC1. The maximum absolute atomic E-state index is 12.6. The van der Waals surface area contributed by atoms with Crippen LogP contribution in [0.3, 0.4) is 0 Å². The molecular weight excluding hydrogens is 256 g/mol. The number of carbonyl (C=O) groups is 1. The van der Waals surface area contributed by atoms with Crippen molar-refractivity contribution in [3.63, 3.8) is 0 Å². The van der Waals surface area contributed by atoms with Gasteiger partial charge in [0.15, 0.2) is 0 Å². The van der Waals surface area contributed by atoms with E-state index in [-0.39, 0.29) is 23.4 Å². The average Bonchev–Trinajstić information content (AvgIpc) is 2.44. The van der Waals surface area contributed by atoms with Gasteiger partial charge in [-0.25, -0.2) is 0 Å². The molecule has 1 fully saturated rings. The second-order valence-corrected chi connectivity index (χ2v) is 5.32. The predicted molar refractivity (Wildman–Crippen MR) is 76.7 cm³/mol. The van der Waals surface area contributed by atoms with E-state index in [0.717, 1.165) is 25.7 Å². The summed E-state index contributed by atoms with van der Waals surface area (Å²) in [5.74, 6) is -0.386. The molecule has 5 nitrogen and oxygen atoms in total. The van der Waals surface area contributed by atoms with Crippen LogP contribution in [0.15, 0.2) is 18.2 Å². The van der Waals surface area contributed by atoms with Crippen LogP contribution < -0.4 is 5.73 Å². The molecule has 0 spiro atoms. The Morgan fingerprint density at radius 2 is 1.75 bits per heavy atom. The van der Waals surface area contributed by atoms with Gasteiger partial charge in [0.25, 0.3) is 5.91 Å². The van der Waals surface area contributed by atoms with Crippen LogP contribution in [0.25, 0.3) is 0 Å². The maximum Gasteiger partial charge on any atom is 0.254 e. The smallest absolute Gasteiger partial charge is 0.254 e. The van der Waals surface area contributed by atoms with Crippen LogP contribution in [-0.4, -0.2) is 40.2 Å². The molecule has 1 saturated carbocycles. The fourth-order valence-corrected chi connectivity index (χ4v) is 2.87. The van der Waals surface area contributed by atoms with Gasteiger partial charge in [-0.3, -0.25) is 4.79 Å². The highest BCUT2D eigenvalue weighted by Crippen LogP contribution is 2.26. The lowest BCUT2D eigenvalue weighted by Gasteiger charge is -2.34. The topological polar surface area (TPSA) is 86.8 Å². The number of amides is 1. The zero-order valence-corrected chi connectivity index (χ0v) is 11.6. The Kier molecular flexibility index (Phi) is 4.84. The number of phenolic OH excluding ortho intramolecular Hbond substituents is 2. The van der Waals surface area contributed by atoms with E-state index >= 15 is 0 Å². The van der Waals surface area contributed by atoms with Crippen LogP contribution >= 0.6 is 0 Å². The second kappa shape index (κ2) is 6.61. The van der Waals surface area contributed by atoms with Gasteiger partial charge >= 0.3 is 0 Å². The Balaban J connectivity index is 2.20. The minimum atomic E-state index is -0.173. The molecule has 0 bridgehead atoms. The Labute approximate surface area is 119 Å². The third-order valence-electron chi connectivity index (χ3n) is 3.80.